The Morgan fingerprint density at radius 1 is 0.500 bits per heavy atom. The van der Waals surface area contributed by atoms with E-state index in [9.17, 15) is 9.90 Å². The number of allylic oxidation sites excluding steroid dienone is 3. The standard InChI is InChI=1S/C44H84O2/c1-4-5-6-7-8-9-10-11-12-13-14-15-16-17-18-20-23-26-29-32-38-43(45)39-33-30-27-24-21-19-22-25-28-31-34-40-44(46)41-36-35-37-42(2)3/h36,41,43,45H,2,4-35,37-40H2,1,3H3/b41-36-/t43-/m0/s1. The second-order valence-electron chi connectivity index (χ2n) is 15.0. The van der Waals surface area contributed by atoms with Gasteiger partial charge in [0.25, 0.3) is 0 Å². The molecule has 46 heavy (non-hydrogen) atoms. The van der Waals surface area contributed by atoms with Crippen LogP contribution in [0.15, 0.2) is 24.3 Å². The van der Waals surface area contributed by atoms with E-state index in [1.165, 1.54) is 198 Å². The third-order valence-electron chi connectivity index (χ3n) is 9.89. The summed E-state index contributed by atoms with van der Waals surface area (Å²) in [5.74, 6) is 0.283. The van der Waals surface area contributed by atoms with Crippen molar-refractivity contribution in [3.63, 3.8) is 0 Å². The van der Waals surface area contributed by atoms with Crippen molar-refractivity contribution in [2.45, 2.75) is 251 Å². The molecule has 0 aromatic rings. The highest BCUT2D eigenvalue weighted by Crippen LogP contribution is 2.17. The lowest BCUT2D eigenvalue weighted by atomic mass is 10.0. The maximum Gasteiger partial charge on any atom is 0.155 e. The molecule has 1 atom stereocenters. The Bertz CT molecular complexity index is 650. The number of carbonyl (C=O) groups is 1. The van der Waals surface area contributed by atoms with Crippen LogP contribution in [-0.4, -0.2) is 17.0 Å². The summed E-state index contributed by atoms with van der Waals surface area (Å²) in [7, 11) is 0. The zero-order valence-corrected chi connectivity index (χ0v) is 31.8. The van der Waals surface area contributed by atoms with Gasteiger partial charge in [-0.3, -0.25) is 4.79 Å². The lowest BCUT2D eigenvalue weighted by Crippen LogP contribution is -2.05. The zero-order valence-electron chi connectivity index (χ0n) is 31.8. The average molecular weight is 645 g/mol. The minimum atomic E-state index is -0.0663. The number of unbranched alkanes of at least 4 members (excludes halogenated alkanes) is 29. The lowest BCUT2D eigenvalue weighted by molar-refractivity contribution is -0.114. The topological polar surface area (TPSA) is 37.3 Å². The van der Waals surface area contributed by atoms with Gasteiger partial charge in [-0.05, 0) is 45.1 Å². The van der Waals surface area contributed by atoms with Crippen molar-refractivity contribution >= 4 is 5.78 Å². The predicted molar refractivity (Wildman–Crippen MR) is 207 cm³/mol. The molecule has 1 N–H and O–H groups in total. The maximum absolute atomic E-state index is 11.9. The Morgan fingerprint density at radius 3 is 1.13 bits per heavy atom. The molecule has 0 rings (SSSR count). The van der Waals surface area contributed by atoms with Gasteiger partial charge in [-0.2, -0.15) is 0 Å². The lowest BCUT2D eigenvalue weighted by Gasteiger charge is -2.10. The van der Waals surface area contributed by atoms with Crippen molar-refractivity contribution in [1.29, 1.82) is 0 Å². The molecule has 0 unspecified atom stereocenters. The molecule has 0 saturated carbocycles. The summed E-state index contributed by atoms with van der Waals surface area (Å²) in [6.07, 6.45) is 50.8. The molecular formula is C44H84O2. The van der Waals surface area contributed by atoms with Crippen LogP contribution in [0, 0.1) is 0 Å². The average Bonchev–Trinajstić information content (AvgIpc) is 3.04. The second-order valence-corrected chi connectivity index (χ2v) is 15.0. The van der Waals surface area contributed by atoms with Gasteiger partial charge in [-0.1, -0.05) is 211 Å². The first-order chi connectivity index (χ1) is 22.6. The Morgan fingerprint density at radius 2 is 0.804 bits per heavy atom. The normalized spacial score (nSPS) is 12.3. The number of aliphatic hydroxyl groups excluding tert-OH is 1. The van der Waals surface area contributed by atoms with Crippen LogP contribution in [0.25, 0.3) is 0 Å². The highest BCUT2D eigenvalue weighted by atomic mass is 16.3. The molecule has 2 nitrogen and oxygen atoms in total. The third-order valence-corrected chi connectivity index (χ3v) is 9.89. The van der Waals surface area contributed by atoms with Crippen LogP contribution in [0.4, 0.5) is 0 Å². The van der Waals surface area contributed by atoms with Crippen LogP contribution in [0.5, 0.6) is 0 Å². The minimum absolute atomic E-state index is 0.0663. The van der Waals surface area contributed by atoms with Crippen LogP contribution in [0.1, 0.15) is 245 Å². The first kappa shape index (κ1) is 45.1. The Hall–Kier alpha value is -0.890. The van der Waals surface area contributed by atoms with E-state index in [-0.39, 0.29) is 11.9 Å². The molecule has 0 spiro atoms. The highest BCUT2D eigenvalue weighted by Gasteiger charge is 2.04. The summed E-state index contributed by atoms with van der Waals surface area (Å²) >= 11 is 0. The molecule has 2 heteroatoms. The largest absolute Gasteiger partial charge is 0.393 e. The molecule has 0 amide bonds. The van der Waals surface area contributed by atoms with E-state index in [0.717, 1.165) is 32.1 Å². The molecule has 0 aromatic heterocycles. The van der Waals surface area contributed by atoms with Crippen molar-refractivity contribution in [2.75, 3.05) is 0 Å². The van der Waals surface area contributed by atoms with Crippen LogP contribution in [-0.2, 0) is 4.79 Å². The first-order valence-electron chi connectivity index (χ1n) is 21.1. The van der Waals surface area contributed by atoms with E-state index in [2.05, 4.69) is 13.5 Å². The number of ketones is 1. The van der Waals surface area contributed by atoms with E-state index in [4.69, 9.17) is 0 Å². The number of rotatable bonds is 39. The van der Waals surface area contributed by atoms with Crippen molar-refractivity contribution in [2.24, 2.45) is 0 Å². The fourth-order valence-electron chi connectivity index (χ4n) is 6.68. The summed E-state index contributed by atoms with van der Waals surface area (Å²) in [5.41, 5.74) is 1.18. The molecule has 0 bridgehead atoms. The van der Waals surface area contributed by atoms with Crippen LogP contribution in [0.2, 0.25) is 0 Å². The van der Waals surface area contributed by atoms with Crippen LogP contribution >= 0.6 is 0 Å². The summed E-state index contributed by atoms with van der Waals surface area (Å²) < 4.78 is 0. The van der Waals surface area contributed by atoms with Crippen molar-refractivity contribution in [3.05, 3.63) is 24.3 Å². The molecule has 0 aliphatic carbocycles. The van der Waals surface area contributed by atoms with Gasteiger partial charge >= 0.3 is 0 Å². The number of hydrogen-bond acceptors (Lipinski definition) is 2. The molecular weight excluding hydrogens is 560 g/mol. The molecule has 0 saturated heterocycles. The summed E-state index contributed by atoms with van der Waals surface area (Å²) in [5, 5.41) is 10.3. The maximum atomic E-state index is 11.9. The smallest absolute Gasteiger partial charge is 0.155 e. The Balaban J connectivity index is 3.22. The molecule has 0 fully saturated rings. The van der Waals surface area contributed by atoms with Crippen molar-refractivity contribution in [3.8, 4) is 0 Å². The van der Waals surface area contributed by atoms with E-state index in [1.54, 1.807) is 6.08 Å². The molecule has 0 aliphatic rings. The molecule has 272 valence electrons. The molecule has 0 heterocycles. The summed E-state index contributed by atoms with van der Waals surface area (Å²) in [6.45, 7) is 8.23. The van der Waals surface area contributed by atoms with Crippen molar-refractivity contribution < 1.29 is 9.90 Å². The summed E-state index contributed by atoms with van der Waals surface area (Å²) in [6, 6.07) is 0. The van der Waals surface area contributed by atoms with Gasteiger partial charge in [-0.15, -0.1) is 6.58 Å². The second kappa shape index (κ2) is 38.6. The SMILES string of the molecule is C=C(C)CC/C=C\C(=O)CCCCCCCCCCCCC[C@@H](O)CCCCCCCCCCCCCCCCCCCCCC. The third kappa shape index (κ3) is 39.3. The van der Waals surface area contributed by atoms with Gasteiger partial charge in [0.2, 0.25) is 0 Å². The Labute approximate surface area is 290 Å². The highest BCUT2D eigenvalue weighted by molar-refractivity contribution is 5.89. The minimum Gasteiger partial charge on any atom is -0.393 e. The molecule has 0 aliphatic heterocycles. The molecule has 0 aromatic carbocycles. The predicted octanol–water partition coefficient (Wildman–Crippen LogP) is 15.1. The summed E-state index contributed by atoms with van der Waals surface area (Å²) in [4.78, 5) is 11.9. The number of aliphatic hydroxyl groups is 1. The van der Waals surface area contributed by atoms with Crippen molar-refractivity contribution in [1.82, 2.24) is 0 Å². The van der Waals surface area contributed by atoms with E-state index >= 15 is 0 Å². The zero-order chi connectivity index (χ0) is 33.6. The van der Waals surface area contributed by atoms with Gasteiger partial charge in [0.05, 0.1) is 6.10 Å². The fourth-order valence-corrected chi connectivity index (χ4v) is 6.68. The van der Waals surface area contributed by atoms with Crippen LogP contribution in [0.3, 0.4) is 0 Å². The monoisotopic (exact) mass is 645 g/mol. The van der Waals surface area contributed by atoms with Gasteiger partial charge < -0.3 is 5.11 Å². The van der Waals surface area contributed by atoms with E-state index in [0.29, 0.717) is 6.42 Å². The van der Waals surface area contributed by atoms with E-state index in [1.807, 2.05) is 13.0 Å². The van der Waals surface area contributed by atoms with Gasteiger partial charge in [0.1, 0.15) is 0 Å². The Kier molecular flexibility index (Phi) is 37.8. The van der Waals surface area contributed by atoms with Gasteiger partial charge in [0.15, 0.2) is 5.78 Å². The van der Waals surface area contributed by atoms with Gasteiger partial charge in [0, 0.05) is 6.42 Å². The number of hydrogen-bond donors (Lipinski definition) is 1. The van der Waals surface area contributed by atoms with E-state index < -0.39 is 0 Å². The first-order valence-corrected chi connectivity index (χ1v) is 21.1. The molecule has 0 radical (unpaired) electrons. The number of carbonyl (C=O) groups excluding carboxylic acids is 1. The van der Waals surface area contributed by atoms with Crippen LogP contribution < -0.4 is 0 Å². The van der Waals surface area contributed by atoms with Gasteiger partial charge in [-0.25, -0.2) is 0 Å². The fraction of sp³-hybridized carbons (Fsp3) is 0.886. The quantitative estimate of drug-likeness (QED) is 0.0411.